The Morgan fingerprint density at radius 2 is 1.76 bits per heavy atom. The van der Waals surface area contributed by atoms with Gasteiger partial charge >= 0.3 is 0 Å². The van der Waals surface area contributed by atoms with E-state index in [1.807, 2.05) is 12.1 Å². The maximum Gasteiger partial charge on any atom is 0.0406 e. The molecule has 94 valence electrons. The van der Waals surface area contributed by atoms with Crippen molar-refractivity contribution in [2.45, 2.75) is 38.1 Å². The predicted molar refractivity (Wildman–Crippen MR) is 74.7 cm³/mol. The standard InChI is InChI=1S/C15H22ClN/c1-11-10-14(17(2)3)8-9-15(11)12-4-6-13(16)7-5-12/h4-7,11,14-15H,8-10H2,1-3H3/t11-,14-,15?/m1/s1. The van der Waals surface area contributed by atoms with Crippen LogP contribution >= 0.6 is 11.6 Å². The first-order valence-corrected chi connectivity index (χ1v) is 6.87. The highest BCUT2D eigenvalue weighted by atomic mass is 35.5. The van der Waals surface area contributed by atoms with E-state index in [0.29, 0.717) is 5.92 Å². The molecule has 17 heavy (non-hydrogen) atoms. The fourth-order valence-corrected chi connectivity index (χ4v) is 3.17. The molecule has 0 saturated heterocycles. The Bertz CT molecular complexity index is 358. The monoisotopic (exact) mass is 251 g/mol. The Hall–Kier alpha value is -0.530. The van der Waals surface area contributed by atoms with E-state index >= 15 is 0 Å². The summed E-state index contributed by atoms with van der Waals surface area (Å²) in [5, 5.41) is 0.836. The Morgan fingerprint density at radius 1 is 1.12 bits per heavy atom. The minimum Gasteiger partial charge on any atom is -0.306 e. The lowest BCUT2D eigenvalue weighted by Gasteiger charge is -2.37. The summed E-state index contributed by atoms with van der Waals surface area (Å²) < 4.78 is 0. The van der Waals surface area contributed by atoms with Crippen molar-refractivity contribution in [1.82, 2.24) is 4.90 Å². The van der Waals surface area contributed by atoms with Crippen molar-refractivity contribution >= 4 is 11.6 Å². The lowest BCUT2D eigenvalue weighted by atomic mass is 9.74. The van der Waals surface area contributed by atoms with Crippen molar-refractivity contribution in [3.63, 3.8) is 0 Å². The Labute approximate surface area is 110 Å². The first-order chi connectivity index (χ1) is 8.08. The largest absolute Gasteiger partial charge is 0.306 e. The summed E-state index contributed by atoms with van der Waals surface area (Å²) >= 11 is 5.95. The molecule has 2 rings (SSSR count). The summed E-state index contributed by atoms with van der Waals surface area (Å²) in [5.41, 5.74) is 1.46. The minimum atomic E-state index is 0.712. The highest BCUT2D eigenvalue weighted by molar-refractivity contribution is 6.30. The molecule has 3 atom stereocenters. The minimum absolute atomic E-state index is 0.712. The second kappa shape index (κ2) is 5.41. The molecule has 1 unspecified atom stereocenters. The van der Waals surface area contributed by atoms with Gasteiger partial charge in [0.2, 0.25) is 0 Å². The Morgan fingerprint density at radius 3 is 2.29 bits per heavy atom. The van der Waals surface area contributed by atoms with Crippen LogP contribution in [-0.4, -0.2) is 25.0 Å². The number of nitrogens with zero attached hydrogens (tertiary/aromatic N) is 1. The summed E-state index contributed by atoms with van der Waals surface area (Å²) in [7, 11) is 4.39. The molecule has 0 aromatic heterocycles. The molecule has 1 saturated carbocycles. The third-order valence-electron chi connectivity index (χ3n) is 4.17. The van der Waals surface area contributed by atoms with Crippen molar-refractivity contribution in [3.05, 3.63) is 34.9 Å². The molecule has 1 nitrogen and oxygen atoms in total. The van der Waals surface area contributed by atoms with Gasteiger partial charge < -0.3 is 4.90 Å². The zero-order valence-electron chi connectivity index (χ0n) is 11.0. The van der Waals surface area contributed by atoms with E-state index in [0.717, 1.165) is 17.0 Å². The van der Waals surface area contributed by atoms with Crippen LogP contribution in [0.15, 0.2) is 24.3 Å². The van der Waals surface area contributed by atoms with E-state index in [1.54, 1.807) is 0 Å². The van der Waals surface area contributed by atoms with Crippen LogP contribution in [0.2, 0.25) is 5.02 Å². The van der Waals surface area contributed by atoms with E-state index in [4.69, 9.17) is 11.6 Å². The van der Waals surface area contributed by atoms with Gasteiger partial charge in [0.15, 0.2) is 0 Å². The summed E-state index contributed by atoms with van der Waals surface area (Å²) in [6.45, 7) is 2.38. The Balaban J connectivity index is 2.06. The third-order valence-corrected chi connectivity index (χ3v) is 4.42. The molecule has 2 heteroatoms. The fraction of sp³-hybridized carbons (Fsp3) is 0.600. The number of benzene rings is 1. The van der Waals surface area contributed by atoms with Crippen molar-refractivity contribution < 1.29 is 0 Å². The summed E-state index contributed by atoms with van der Waals surface area (Å²) in [5.74, 6) is 1.47. The normalized spacial score (nSPS) is 29.6. The highest BCUT2D eigenvalue weighted by Gasteiger charge is 2.29. The van der Waals surface area contributed by atoms with Gasteiger partial charge in [-0.2, -0.15) is 0 Å². The van der Waals surface area contributed by atoms with Crippen LogP contribution in [0, 0.1) is 5.92 Å². The second-order valence-corrected chi connectivity index (χ2v) is 6.00. The van der Waals surface area contributed by atoms with E-state index in [9.17, 15) is 0 Å². The first kappa shape index (κ1) is 12.9. The molecule has 1 aromatic rings. The van der Waals surface area contributed by atoms with E-state index in [-0.39, 0.29) is 0 Å². The van der Waals surface area contributed by atoms with Crippen LogP contribution < -0.4 is 0 Å². The number of rotatable bonds is 2. The number of hydrogen-bond donors (Lipinski definition) is 0. The van der Waals surface area contributed by atoms with Gasteiger partial charge in [0.1, 0.15) is 0 Å². The summed E-state index contributed by atoms with van der Waals surface area (Å²) in [6.07, 6.45) is 3.91. The molecule has 1 fully saturated rings. The molecule has 0 N–H and O–H groups in total. The molecule has 0 heterocycles. The van der Waals surface area contributed by atoms with Crippen molar-refractivity contribution in [3.8, 4) is 0 Å². The molecule has 0 amide bonds. The average molecular weight is 252 g/mol. The zero-order chi connectivity index (χ0) is 12.4. The van der Waals surface area contributed by atoms with Crippen LogP contribution in [-0.2, 0) is 0 Å². The number of hydrogen-bond acceptors (Lipinski definition) is 1. The van der Waals surface area contributed by atoms with Gasteiger partial charge in [0.25, 0.3) is 0 Å². The average Bonchev–Trinajstić information content (AvgIpc) is 2.30. The van der Waals surface area contributed by atoms with Crippen LogP contribution in [0.3, 0.4) is 0 Å². The van der Waals surface area contributed by atoms with Crippen molar-refractivity contribution in [2.75, 3.05) is 14.1 Å². The molecule has 1 aromatic carbocycles. The van der Waals surface area contributed by atoms with Gasteiger partial charge in [0, 0.05) is 11.1 Å². The van der Waals surface area contributed by atoms with E-state index in [2.05, 4.69) is 38.1 Å². The summed E-state index contributed by atoms with van der Waals surface area (Å²) in [4.78, 5) is 2.37. The molecular formula is C15H22ClN. The van der Waals surface area contributed by atoms with Crippen molar-refractivity contribution in [1.29, 1.82) is 0 Å². The Kier molecular flexibility index (Phi) is 4.11. The molecule has 1 aliphatic carbocycles. The van der Waals surface area contributed by atoms with Gasteiger partial charge in [-0.25, -0.2) is 0 Å². The lowest BCUT2D eigenvalue weighted by Crippen LogP contribution is -2.35. The smallest absolute Gasteiger partial charge is 0.0406 e. The predicted octanol–water partition coefficient (Wildman–Crippen LogP) is 4.17. The van der Waals surface area contributed by atoms with Gasteiger partial charge in [-0.15, -0.1) is 0 Å². The molecule has 0 bridgehead atoms. The van der Waals surface area contributed by atoms with Gasteiger partial charge in [-0.3, -0.25) is 0 Å². The molecule has 0 aliphatic heterocycles. The quantitative estimate of drug-likeness (QED) is 0.763. The molecule has 0 radical (unpaired) electrons. The summed E-state index contributed by atoms with van der Waals surface area (Å²) in [6, 6.07) is 9.18. The van der Waals surface area contributed by atoms with Gasteiger partial charge in [-0.05, 0) is 62.9 Å². The first-order valence-electron chi connectivity index (χ1n) is 6.50. The van der Waals surface area contributed by atoms with Crippen molar-refractivity contribution in [2.24, 2.45) is 5.92 Å². The SMILES string of the molecule is C[C@@H]1C[C@H](N(C)C)CCC1c1ccc(Cl)cc1. The fourth-order valence-electron chi connectivity index (χ4n) is 3.04. The van der Waals surface area contributed by atoms with Gasteiger partial charge in [-0.1, -0.05) is 30.7 Å². The number of halogens is 1. The molecular weight excluding hydrogens is 230 g/mol. The topological polar surface area (TPSA) is 3.24 Å². The third kappa shape index (κ3) is 3.02. The van der Waals surface area contributed by atoms with Gasteiger partial charge in [0.05, 0.1) is 0 Å². The molecule has 0 spiro atoms. The van der Waals surface area contributed by atoms with Crippen LogP contribution in [0.4, 0.5) is 0 Å². The van der Waals surface area contributed by atoms with Crippen LogP contribution in [0.5, 0.6) is 0 Å². The van der Waals surface area contributed by atoms with E-state index < -0.39 is 0 Å². The van der Waals surface area contributed by atoms with Crippen LogP contribution in [0.25, 0.3) is 0 Å². The van der Waals surface area contributed by atoms with Crippen LogP contribution in [0.1, 0.15) is 37.7 Å². The second-order valence-electron chi connectivity index (χ2n) is 5.57. The zero-order valence-corrected chi connectivity index (χ0v) is 11.7. The maximum absolute atomic E-state index is 5.95. The highest BCUT2D eigenvalue weighted by Crippen LogP contribution is 2.38. The maximum atomic E-state index is 5.95. The lowest BCUT2D eigenvalue weighted by molar-refractivity contribution is 0.175. The molecule has 1 aliphatic rings. The van der Waals surface area contributed by atoms with E-state index in [1.165, 1.54) is 24.8 Å².